The Morgan fingerprint density at radius 2 is 1.60 bits per heavy atom. The molecule has 14 heteroatoms. The van der Waals surface area contributed by atoms with Crippen molar-refractivity contribution in [1.82, 2.24) is 16.0 Å². The molecule has 11 N–H and O–H groups in total. The Kier molecular flexibility index (Phi) is 12.4. The predicted molar refractivity (Wildman–Crippen MR) is 133 cm³/mol. The summed E-state index contributed by atoms with van der Waals surface area (Å²) in [4.78, 5) is 53.1. The third kappa shape index (κ3) is 11.0. The number of hydrogen-bond acceptors (Lipinski definition) is 8. The molecule has 194 valence electrons. The lowest BCUT2D eigenvalue weighted by atomic mass is 10.0. The Balaban J connectivity index is 2.92. The summed E-state index contributed by atoms with van der Waals surface area (Å²) in [5.41, 5.74) is 16.7. The van der Waals surface area contributed by atoms with E-state index in [1.54, 1.807) is 0 Å². The van der Waals surface area contributed by atoms with Crippen molar-refractivity contribution in [3.8, 4) is 5.75 Å². The van der Waals surface area contributed by atoms with Gasteiger partial charge in [0.15, 0.2) is 5.96 Å². The molecule has 0 aliphatic carbocycles. The molecule has 0 bridgehead atoms. The van der Waals surface area contributed by atoms with Gasteiger partial charge in [0, 0.05) is 18.7 Å². The summed E-state index contributed by atoms with van der Waals surface area (Å²) >= 11 is 3.93. The molecule has 0 spiro atoms. The van der Waals surface area contributed by atoms with Crippen molar-refractivity contribution in [1.29, 1.82) is 0 Å². The first-order valence-corrected chi connectivity index (χ1v) is 11.4. The van der Waals surface area contributed by atoms with Gasteiger partial charge in [-0.1, -0.05) is 12.1 Å². The van der Waals surface area contributed by atoms with Crippen LogP contribution >= 0.6 is 12.6 Å². The molecule has 0 heterocycles. The smallest absolute Gasteiger partial charge is 0.326 e. The van der Waals surface area contributed by atoms with E-state index >= 15 is 0 Å². The van der Waals surface area contributed by atoms with Crippen LogP contribution in [0.5, 0.6) is 5.75 Å². The minimum Gasteiger partial charge on any atom is -0.508 e. The average Bonchev–Trinajstić information content (AvgIpc) is 2.80. The van der Waals surface area contributed by atoms with Crippen molar-refractivity contribution in [2.24, 2.45) is 22.2 Å². The number of carbonyl (C=O) groups excluding carboxylic acids is 3. The normalized spacial score (nSPS) is 14.0. The number of thiol groups is 1. The molecule has 0 fully saturated rings. The number of phenols is 1. The molecule has 4 atom stereocenters. The van der Waals surface area contributed by atoms with E-state index in [1.807, 2.05) is 0 Å². The number of aromatic hydroxyl groups is 1. The number of aliphatic carboxylic acids is 1. The van der Waals surface area contributed by atoms with E-state index in [2.05, 4.69) is 33.6 Å². The second-order valence-electron chi connectivity index (χ2n) is 7.80. The summed E-state index contributed by atoms with van der Waals surface area (Å²) in [6.07, 6.45) is 0.345. The number of phenolic OH excluding ortho intramolecular Hbond substituents is 1. The van der Waals surface area contributed by atoms with Crippen LogP contribution in [-0.2, 0) is 25.6 Å². The summed E-state index contributed by atoms with van der Waals surface area (Å²) in [5, 5.41) is 26.3. The number of nitrogens with zero attached hydrogens (tertiary/aromatic N) is 1. The highest BCUT2D eigenvalue weighted by Gasteiger charge is 2.28. The van der Waals surface area contributed by atoms with Crippen molar-refractivity contribution < 1.29 is 29.4 Å². The SMILES string of the molecule is CC(NC(=O)C(N)CS)C(=O)NC(CCCN=C(N)N)C(=O)NC(Cc1ccc(O)cc1)C(=O)O. The van der Waals surface area contributed by atoms with Gasteiger partial charge in [-0.25, -0.2) is 4.79 Å². The first-order chi connectivity index (χ1) is 16.4. The topological polar surface area (TPSA) is 235 Å². The van der Waals surface area contributed by atoms with Gasteiger partial charge in [-0.3, -0.25) is 19.4 Å². The maximum atomic E-state index is 12.9. The minimum atomic E-state index is -1.30. The van der Waals surface area contributed by atoms with E-state index < -0.39 is 47.9 Å². The van der Waals surface area contributed by atoms with Gasteiger partial charge in [-0.2, -0.15) is 12.6 Å². The molecule has 4 unspecified atom stereocenters. The van der Waals surface area contributed by atoms with Crippen LogP contribution in [-0.4, -0.2) is 76.3 Å². The van der Waals surface area contributed by atoms with Crippen molar-refractivity contribution in [2.45, 2.75) is 50.4 Å². The maximum Gasteiger partial charge on any atom is 0.326 e. The molecule has 35 heavy (non-hydrogen) atoms. The Bertz CT molecular complexity index is 908. The van der Waals surface area contributed by atoms with Gasteiger partial charge in [0.2, 0.25) is 17.7 Å². The van der Waals surface area contributed by atoms with Crippen molar-refractivity contribution in [3.63, 3.8) is 0 Å². The zero-order valence-electron chi connectivity index (χ0n) is 19.3. The average molecular weight is 512 g/mol. The lowest BCUT2D eigenvalue weighted by Crippen LogP contribution is -2.56. The van der Waals surface area contributed by atoms with Crippen LogP contribution in [0, 0.1) is 0 Å². The number of aliphatic imine (C=N–C) groups is 1. The van der Waals surface area contributed by atoms with Gasteiger partial charge < -0.3 is 43.4 Å². The Morgan fingerprint density at radius 3 is 2.14 bits per heavy atom. The summed E-state index contributed by atoms with van der Waals surface area (Å²) in [6.45, 7) is 1.60. The zero-order valence-corrected chi connectivity index (χ0v) is 20.2. The lowest BCUT2D eigenvalue weighted by molar-refractivity contribution is -0.142. The summed E-state index contributed by atoms with van der Waals surface area (Å²) < 4.78 is 0. The van der Waals surface area contributed by atoms with E-state index in [9.17, 15) is 29.4 Å². The van der Waals surface area contributed by atoms with E-state index in [1.165, 1.54) is 31.2 Å². The first-order valence-electron chi connectivity index (χ1n) is 10.8. The Hall–Kier alpha value is -3.52. The van der Waals surface area contributed by atoms with Crippen LogP contribution in [0.2, 0.25) is 0 Å². The standard InChI is InChI=1S/C21H33N7O6S/c1-11(26-18(31)14(22)10-35)17(30)27-15(3-2-8-25-21(23)24)19(32)28-16(20(33)34)9-12-4-6-13(29)7-5-12/h4-7,11,14-16,29,35H,2-3,8-10,22H2,1H3,(H,26,31)(H,27,30)(H,28,32)(H,33,34)(H4,23,24,25). The number of guanidine groups is 1. The maximum absolute atomic E-state index is 12.9. The van der Waals surface area contributed by atoms with E-state index in [0.717, 1.165) is 0 Å². The van der Waals surface area contributed by atoms with Crippen LogP contribution in [0.1, 0.15) is 25.3 Å². The van der Waals surface area contributed by atoms with E-state index in [0.29, 0.717) is 12.0 Å². The number of carbonyl (C=O) groups is 4. The quantitative estimate of drug-likeness (QED) is 0.0569. The number of nitrogens with two attached hydrogens (primary N) is 3. The molecular weight excluding hydrogens is 478 g/mol. The predicted octanol–water partition coefficient (Wildman–Crippen LogP) is -2.20. The first kappa shape index (κ1) is 29.5. The Labute approximate surface area is 208 Å². The second-order valence-corrected chi connectivity index (χ2v) is 8.16. The highest BCUT2D eigenvalue weighted by Crippen LogP contribution is 2.12. The van der Waals surface area contributed by atoms with E-state index in [4.69, 9.17) is 17.2 Å². The Morgan fingerprint density at radius 1 is 1.00 bits per heavy atom. The molecule has 0 radical (unpaired) electrons. The van der Waals surface area contributed by atoms with E-state index in [-0.39, 0.29) is 36.8 Å². The molecular formula is C21H33N7O6S. The van der Waals surface area contributed by atoms with Crippen LogP contribution in [0.25, 0.3) is 0 Å². The number of rotatable bonds is 14. The molecule has 1 aromatic rings. The highest BCUT2D eigenvalue weighted by molar-refractivity contribution is 7.80. The molecule has 1 aromatic carbocycles. The van der Waals surface area contributed by atoms with Gasteiger partial charge >= 0.3 is 5.97 Å². The van der Waals surface area contributed by atoms with Crippen molar-refractivity contribution in [2.75, 3.05) is 12.3 Å². The molecule has 13 nitrogen and oxygen atoms in total. The van der Waals surface area contributed by atoms with Crippen LogP contribution in [0.3, 0.4) is 0 Å². The van der Waals surface area contributed by atoms with Gasteiger partial charge in [-0.15, -0.1) is 0 Å². The lowest BCUT2D eigenvalue weighted by Gasteiger charge is -2.23. The number of carboxylic acid groups (broad SMARTS) is 1. The van der Waals surface area contributed by atoms with Gasteiger partial charge in [0.25, 0.3) is 0 Å². The van der Waals surface area contributed by atoms with Crippen molar-refractivity contribution >= 4 is 42.3 Å². The fourth-order valence-corrected chi connectivity index (χ4v) is 3.04. The monoisotopic (exact) mass is 511 g/mol. The number of benzene rings is 1. The van der Waals surface area contributed by atoms with Gasteiger partial charge in [-0.05, 0) is 37.5 Å². The fraction of sp³-hybridized carbons (Fsp3) is 0.476. The minimum absolute atomic E-state index is 0.0183. The summed E-state index contributed by atoms with van der Waals surface area (Å²) in [6, 6.07) is 1.51. The third-order valence-corrected chi connectivity index (χ3v) is 5.25. The largest absolute Gasteiger partial charge is 0.508 e. The number of hydrogen-bond donors (Lipinski definition) is 9. The number of nitrogens with one attached hydrogen (secondary N) is 3. The molecule has 0 aliphatic heterocycles. The number of carboxylic acids is 1. The summed E-state index contributed by atoms with van der Waals surface area (Å²) in [5.74, 6) is -3.31. The van der Waals surface area contributed by atoms with Gasteiger partial charge in [0.1, 0.15) is 23.9 Å². The highest BCUT2D eigenvalue weighted by atomic mass is 32.1. The van der Waals surface area contributed by atoms with Gasteiger partial charge in [0.05, 0.1) is 6.04 Å². The molecule has 1 rings (SSSR count). The zero-order chi connectivity index (χ0) is 26.5. The molecule has 3 amide bonds. The van der Waals surface area contributed by atoms with Crippen LogP contribution in [0.4, 0.5) is 0 Å². The molecule has 0 saturated heterocycles. The third-order valence-electron chi connectivity index (χ3n) is 4.85. The molecule has 0 aromatic heterocycles. The van der Waals surface area contributed by atoms with Crippen LogP contribution in [0.15, 0.2) is 29.3 Å². The second kappa shape index (κ2) is 14.7. The summed E-state index contributed by atoms with van der Waals surface area (Å²) in [7, 11) is 0. The van der Waals surface area contributed by atoms with Crippen LogP contribution < -0.4 is 33.2 Å². The molecule has 0 aliphatic rings. The molecule has 0 saturated carbocycles. The van der Waals surface area contributed by atoms with Crippen molar-refractivity contribution in [3.05, 3.63) is 29.8 Å². The number of amides is 3. The fourth-order valence-electron chi connectivity index (χ4n) is 2.88.